The SMILES string of the molecule is CC(C)(C#N)C(CCCOCCc1ccccc1)OCc1ccccc1. The molecule has 0 N–H and O–H groups in total. The summed E-state index contributed by atoms with van der Waals surface area (Å²) in [6.07, 6.45) is 2.53. The third-order valence-corrected chi connectivity index (χ3v) is 4.52. The van der Waals surface area contributed by atoms with Crippen molar-refractivity contribution in [2.75, 3.05) is 13.2 Å². The quantitative estimate of drug-likeness (QED) is 0.525. The molecule has 0 aliphatic rings. The maximum atomic E-state index is 9.47. The Labute approximate surface area is 157 Å². The molecule has 0 bridgehead atoms. The monoisotopic (exact) mass is 351 g/mol. The van der Waals surface area contributed by atoms with Crippen molar-refractivity contribution in [1.29, 1.82) is 5.26 Å². The average Bonchev–Trinajstić information content (AvgIpc) is 2.68. The van der Waals surface area contributed by atoms with Crippen molar-refractivity contribution < 1.29 is 9.47 Å². The standard InChI is InChI=1S/C23H29NO2/c1-23(2,19-24)22(26-18-21-12-7-4-8-13-21)14-9-16-25-17-15-20-10-5-3-6-11-20/h3-8,10-13,22H,9,14-18H2,1-2H3. The van der Waals surface area contributed by atoms with Crippen LogP contribution in [0, 0.1) is 16.7 Å². The maximum absolute atomic E-state index is 9.47. The van der Waals surface area contributed by atoms with E-state index in [1.54, 1.807) is 0 Å². The number of hydrogen-bond donors (Lipinski definition) is 0. The first-order valence-electron chi connectivity index (χ1n) is 9.30. The largest absolute Gasteiger partial charge is 0.381 e. The molecule has 2 aromatic rings. The zero-order valence-electron chi connectivity index (χ0n) is 15.9. The van der Waals surface area contributed by atoms with E-state index in [1.165, 1.54) is 5.56 Å². The molecule has 0 aliphatic heterocycles. The molecule has 1 atom stereocenters. The third kappa shape index (κ3) is 7.00. The lowest BCUT2D eigenvalue weighted by Gasteiger charge is -2.28. The predicted molar refractivity (Wildman–Crippen MR) is 105 cm³/mol. The van der Waals surface area contributed by atoms with Crippen LogP contribution in [0.4, 0.5) is 0 Å². The lowest BCUT2D eigenvalue weighted by atomic mass is 9.85. The van der Waals surface area contributed by atoms with Crippen LogP contribution in [0.25, 0.3) is 0 Å². The summed E-state index contributed by atoms with van der Waals surface area (Å²) in [4.78, 5) is 0. The number of hydrogen-bond acceptors (Lipinski definition) is 3. The fourth-order valence-electron chi connectivity index (χ4n) is 2.80. The van der Waals surface area contributed by atoms with Gasteiger partial charge in [-0.25, -0.2) is 0 Å². The van der Waals surface area contributed by atoms with Gasteiger partial charge in [0, 0.05) is 6.61 Å². The van der Waals surface area contributed by atoms with E-state index in [0.29, 0.717) is 13.2 Å². The van der Waals surface area contributed by atoms with Crippen molar-refractivity contribution in [2.24, 2.45) is 5.41 Å². The summed E-state index contributed by atoms with van der Waals surface area (Å²) in [5.74, 6) is 0. The maximum Gasteiger partial charge on any atom is 0.0779 e. The Bertz CT molecular complexity index is 662. The van der Waals surface area contributed by atoms with Crippen LogP contribution in [0.15, 0.2) is 60.7 Å². The van der Waals surface area contributed by atoms with E-state index < -0.39 is 5.41 Å². The molecule has 0 radical (unpaired) electrons. The third-order valence-electron chi connectivity index (χ3n) is 4.52. The van der Waals surface area contributed by atoms with Crippen molar-refractivity contribution in [2.45, 2.75) is 45.8 Å². The van der Waals surface area contributed by atoms with Gasteiger partial charge in [0.2, 0.25) is 0 Å². The van der Waals surface area contributed by atoms with Gasteiger partial charge in [0.1, 0.15) is 0 Å². The number of ether oxygens (including phenoxy) is 2. The van der Waals surface area contributed by atoms with Gasteiger partial charge >= 0.3 is 0 Å². The summed E-state index contributed by atoms with van der Waals surface area (Å²) >= 11 is 0. The minimum absolute atomic E-state index is 0.106. The van der Waals surface area contributed by atoms with E-state index in [1.807, 2.05) is 62.4 Å². The normalized spacial score (nSPS) is 12.5. The van der Waals surface area contributed by atoms with Crippen LogP contribution in [0.2, 0.25) is 0 Å². The van der Waals surface area contributed by atoms with Crippen LogP contribution in [0.1, 0.15) is 37.8 Å². The van der Waals surface area contributed by atoms with E-state index in [-0.39, 0.29) is 6.10 Å². The van der Waals surface area contributed by atoms with Crippen molar-refractivity contribution in [3.05, 3.63) is 71.8 Å². The van der Waals surface area contributed by atoms with Crippen molar-refractivity contribution in [1.82, 2.24) is 0 Å². The molecule has 0 saturated carbocycles. The molecule has 2 aromatic carbocycles. The molecule has 0 aliphatic carbocycles. The van der Waals surface area contributed by atoms with E-state index in [2.05, 4.69) is 18.2 Å². The Kier molecular flexibility index (Phi) is 8.34. The van der Waals surface area contributed by atoms with Gasteiger partial charge in [-0.1, -0.05) is 60.7 Å². The summed E-state index contributed by atoms with van der Waals surface area (Å²) < 4.78 is 11.8. The van der Waals surface area contributed by atoms with Crippen LogP contribution < -0.4 is 0 Å². The summed E-state index contributed by atoms with van der Waals surface area (Å²) in [7, 11) is 0. The Hall–Kier alpha value is -2.15. The van der Waals surface area contributed by atoms with Crippen molar-refractivity contribution in [3.63, 3.8) is 0 Å². The average molecular weight is 351 g/mol. The highest BCUT2D eigenvalue weighted by Crippen LogP contribution is 2.27. The molecule has 0 saturated heterocycles. The molecule has 1 unspecified atom stereocenters. The van der Waals surface area contributed by atoms with E-state index in [4.69, 9.17) is 9.47 Å². The van der Waals surface area contributed by atoms with Gasteiger partial charge in [0.25, 0.3) is 0 Å². The molecule has 0 fully saturated rings. The second-order valence-electron chi connectivity index (χ2n) is 7.11. The smallest absolute Gasteiger partial charge is 0.0779 e. The zero-order valence-corrected chi connectivity index (χ0v) is 15.9. The predicted octanol–water partition coefficient (Wildman–Crippen LogP) is 5.16. The Morgan fingerprint density at radius 1 is 0.923 bits per heavy atom. The Balaban J connectivity index is 1.71. The van der Waals surface area contributed by atoms with Crippen LogP contribution >= 0.6 is 0 Å². The van der Waals surface area contributed by atoms with Crippen LogP contribution in [-0.2, 0) is 22.5 Å². The topological polar surface area (TPSA) is 42.2 Å². The van der Waals surface area contributed by atoms with Crippen LogP contribution in [0.5, 0.6) is 0 Å². The summed E-state index contributed by atoms with van der Waals surface area (Å²) in [5.41, 5.74) is 1.91. The highest BCUT2D eigenvalue weighted by atomic mass is 16.5. The second kappa shape index (κ2) is 10.8. The van der Waals surface area contributed by atoms with Crippen molar-refractivity contribution in [3.8, 4) is 6.07 Å². The van der Waals surface area contributed by atoms with Gasteiger partial charge in [0.05, 0.1) is 30.8 Å². The Morgan fingerprint density at radius 3 is 2.15 bits per heavy atom. The molecule has 2 rings (SSSR count). The highest BCUT2D eigenvalue weighted by Gasteiger charge is 2.30. The Morgan fingerprint density at radius 2 is 1.54 bits per heavy atom. The van der Waals surface area contributed by atoms with Crippen LogP contribution in [0.3, 0.4) is 0 Å². The first-order valence-corrected chi connectivity index (χ1v) is 9.30. The molecule has 0 aromatic heterocycles. The first kappa shape index (κ1) is 20.2. The zero-order chi connectivity index (χ0) is 18.7. The second-order valence-corrected chi connectivity index (χ2v) is 7.11. The molecule has 0 spiro atoms. The molecule has 26 heavy (non-hydrogen) atoms. The minimum Gasteiger partial charge on any atom is -0.381 e. The van der Waals surface area contributed by atoms with Gasteiger partial charge in [-0.15, -0.1) is 0 Å². The molecular weight excluding hydrogens is 322 g/mol. The fourth-order valence-corrected chi connectivity index (χ4v) is 2.80. The molecule has 0 amide bonds. The van der Waals surface area contributed by atoms with E-state index >= 15 is 0 Å². The van der Waals surface area contributed by atoms with E-state index in [0.717, 1.165) is 31.4 Å². The number of benzene rings is 2. The lowest BCUT2D eigenvalue weighted by molar-refractivity contribution is -0.0239. The fraction of sp³-hybridized carbons (Fsp3) is 0.435. The summed E-state index contributed by atoms with van der Waals surface area (Å²) in [6.45, 7) is 5.84. The minimum atomic E-state index is -0.515. The number of nitriles is 1. The van der Waals surface area contributed by atoms with Gasteiger partial charge in [-0.2, -0.15) is 5.26 Å². The van der Waals surface area contributed by atoms with E-state index in [9.17, 15) is 5.26 Å². The molecule has 3 heteroatoms. The van der Waals surface area contributed by atoms with Gasteiger partial charge < -0.3 is 9.47 Å². The lowest BCUT2D eigenvalue weighted by Crippen LogP contribution is -2.31. The number of nitrogens with zero attached hydrogens (tertiary/aromatic N) is 1. The molecular formula is C23H29NO2. The number of rotatable bonds is 11. The molecule has 138 valence electrons. The highest BCUT2D eigenvalue weighted by molar-refractivity contribution is 5.15. The molecule has 3 nitrogen and oxygen atoms in total. The van der Waals surface area contributed by atoms with Crippen molar-refractivity contribution >= 4 is 0 Å². The van der Waals surface area contributed by atoms with Gasteiger partial charge in [-0.3, -0.25) is 0 Å². The van der Waals surface area contributed by atoms with Crippen LogP contribution in [-0.4, -0.2) is 19.3 Å². The van der Waals surface area contributed by atoms with Gasteiger partial charge in [-0.05, 0) is 44.2 Å². The van der Waals surface area contributed by atoms with Gasteiger partial charge in [0.15, 0.2) is 0 Å². The summed E-state index contributed by atoms with van der Waals surface area (Å²) in [6, 6.07) is 22.8. The first-order chi connectivity index (χ1) is 12.6. The summed E-state index contributed by atoms with van der Waals surface area (Å²) in [5, 5.41) is 9.47. The molecule has 0 heterocycles.